The summed E-state index contributed by atoms with van der Waals surface area (Å²) in [6.45, 7) is 3.03. The largest absolute Gasteiger partial charge is 0.497 e. The highest BCUT2D eigenvalue weighted by atomic mass is 19.4. The topological polar surface area (TPSA) is 61.9 Å². The van der Waals surface area contributed by atoms with Crippen molar-refractivity contribution in [2.45, 2.75) is 19.1 Å². The van der Waals surface area contributed by atoms with Crippen molar-refractivity contribution < 1.29 is 27.5 Å². The quantitative estimate of drug-likeness (QED) is 0.706. The molecule has 1 aliphatic heterocycles. The summed E-state index contributed by atoms with van der Waals surface area (Å²) in [5.74, 6) is 0.137. The second-order valence-electron chi connectivity index (χ2n) is 7.53. The van der Waals surface area contributed by atoms with E-state index >= 15 is 0 Å². The van der Waals surface area contributed by atoms with Crippen LogP contribution in [0.2, 0.25) is 0 Å². The van der Waals surface area contributed by atoms with Gasteiger partial charge in [-0.1, -0.05) is 12.1 Å². The molecule has 172 valence electrons. The van der Waals surface area contributed by atoms with Crippen LogP contribution in [0.1, 0.15) is 27.9 Å². The van der Waals surface area contributed by atoms with Gasteiger partial charge in [0.15, 0.2) is 0 Å². The van der Waals surface area contributed by atoms with Gasteiger partial charge in [-0.2, -0.15) is 13.2 Å². The van der Waals surface area contributed by atoms with Crippen LogP contribution < -0.4 is 10.1 Å². The van der Waals surface area contributed by atoms with E-state index in [0.717, 1.165) is 30.8 Å². The fourth-order valence-electron chi connectivity index (χ4n) is 3.53. The molecule has 1 N–H and O–H groups in total. The normalized spacial score (nSPS) is 14.2. The highest BCUT2D eigenvalue weighted by Gasteiger charge is 2.30. The second-order valence-corrected chi connectivity index (χ2v) is 7.53. The van der Waals surface area contributed by atoms with Gasteiger partial charge in [-0.25, -0.2) is 0 Å². The van der Waals surface area contributed by atoms with Gasteiger partial charge in [0.05, 0.1) is 12.7 Å². The van der Waals surface area contributed by atoms with Gasteiger partial charge in [-0.05, 0) is 42.0 Å². The zero-order valence-electron chi connectivity index (χ0n) is 17.8. The molecule has 0 bridgehead atoms. The summed E-state index contributed by atoms with van der Waals surface area (Å²) in [6, 6.07) is 11.3. The number of hydrogen-bond donors (Lipinski definition) is 1. The fourth-order valence-corrected chi connectivity index (χ4v) is 3.53. The maximum Gasteiger partial charge on any atom is 0.416 e. The molecule has 0 atom stereocenters. The van der Waals surface area contributed by atoms with Crippen molar-refractivity contribution in [3.8, 4) is 5.75 Å². The van der Waals surface area contributed by atoms with Crippen LogP contribution in [0.15, 0.2) is 48.5 Å². The van der Waals surface area contributed by atoms with E-state index in [1.165, 1.54) is 24.1 Å². The summed E-state index contributed by atoms with van der Waals surface area (Å²) in [5.41, 5.74) is 0.108. The van der Waals surface area contributed by atoms with E-state index in [1.807, 2.05) is 6.07 Å². The van der Waals surface area contributed by atoms with E-state index in [-0.39, 0.29) is 31.0 Å². The first-order valence-electron chi connectivity index (χ1n) is 10.4. The molecule has 2 aromatic carbocycles. The Morgan fingerprint density at radius 3 is 2.41 bits per heavy atom. The molecule has 0 aliphatic carbocycles. The zero-order chi connectivity index (χ0) is 23.1. The number of carbonyl (C=O) groups is 2. The summed E-state index contributed by atoms with van der Waals surface area (Å²) in [4.78, 5) is 29.0. The number of hydrogen-bond acceptors (Lipinski definition) is 4. The molecule has 9 heteroatoms. The van der Waals surface area contributed by atoms with Gasteiger partial charge in [0.25, 0.3) is 5.91 Å². The van der Waals surface area contributed by atoms with Crippen molar-refractivity contribution in [3.63, 3.8) is 0 Å². The molecule has 0 aromatic heterocycles. The summed E-state index contributed by atoms with van der Waals surface area (Å²) in [6.07, 6.45) is -4.34. The Balaban J connectivity index is 1.76. The summed E-state index contributed by atoms with van der Waals surface area (Å²) in [5, 5.41) is 3.18. The number of nitrogens with zero attached hydrogens (tertiary/aromatic N) is 2. The number of amides is 2. The Morgan fingerprint density at radius 1 is 1.09 bits per heavy atom. The molecule has 0 saturated carbocycles. The van der Waals surface area contributed by atoms with Gasteiger partial charge < -0.3 is 19.9 Å². The van der Waals surface area contributed by atoms with E-state index in [1.54, 1.807) is 23.1 Å². The number of rotatable bonds is 7. The lowest BCUT2D eigenvalue weighted by Crippen LogP contribution is -2.47. The highest BCUT2D eigenvalue weighted by molar-refractivity contribution is 5.94. The van der Waals surface area contributed by atoms with E-state index in [4.69, 9.17) is 4.74 Å². The van der Waals surface area contributed by atoms with Gasteiger partial charge in [0.2, 0.25) is 5.91 Å². The fraction of sp³-hybridized carbons (Fsp3) is 0.391. The predicted molar refractivity (Wildman–Crippen MR) is 113 cm³/mol. The van der Waals surface area contributed by atoms with Gasteiger partial charge in [-0.3, -0.25) is 9.59 Å². The van der Waals surface area contributed by atoms with Crippen LogP contribution in [0.4, 0.5) is 13.2 Å². The Labute approximate surface area is 184 Å². The molecule has 1 aliphatic rings. The van der Waals surface area contributed by atoms with Crippen molar-refractivity contribution in [3.05, 3.63) is 65.2 Å². The first-order chi connectivity index (χ1) is 15.3. The first-order valence-corrected chi connectivity index (χ1v) is 10.4. The first kappa shape index (κ1) is 23.6. The number of ether oxygens (including phenoxy) is 1. The van der Waals surface area contributed by atoms with Crippen LogP contribution in [0, 0.1) is 0 Å². The number of benzene rings is 2. The molecular formula is C23H26F3N3O3. The average molecular weight is 449 g/mol. The Morgan fingerprint density at radius 2 is 1.78 bits per heavy atom. The molecule has 2 aromatic rings. The predicted octanol–water partition coefficient (Wildman–Crippen LogP) is 3.18. The van der Waals surface area contributed by atoms with Gasteiger partial charge in [-0.15, -0.1) is 0 Å². The third-order valence-corrected chi connectivity index (χ3v) is 5.32. The maximum atomic E-state index is 13.1. The number of halogens is 3. The second kappa shape index (κ2) is 10.5. The van der Waals surface area contributed by atoms with Crippen molar-refractivity contribution in [1.29, 1.82) is 0 Å². The lowest BCUT2D eigenvalue weighted by Gasteiger charge is -2.29. The van der Waals surface area contributed by atoms with Crippen LogP contribution in [0.25, 0.3) is 0 Å². The molecule has 1 heterocycles. The molecule has 1 saturated heterocycles. The third-order valence-electron chi connectivity index (χ3n) is 5.32. The average Bonchev–Trinajstić information content (AvgIpc) is 2.81. The summed E-state index contributed by atoms with van der Waals surface area (Å²) < 4.78 is 43.8. The van der Waals surface area contributed by atoms with Gasteiger partial charge >= 0.3 is 6.18 Å². The van der Waals surface area contributed by atoms with Crippen LogP contribution >= 0.6 is 0 Å². The Bertz CT molecular complexity index is 926. The maximum absolute atomic E-state index is 13.1. The molecule has 32 heavy (non-hydrogen) atoms. The van der Waals surface area contributed by atoms with E-state index in [2.05, 4.69) is 5.32 Å². The minimum atomic E-state index is -4.47. The van der Waals surface area contributed by atoms with E-state index in [9.17, 15) is 22.8 Å². The van der Waals surface area contributed by atoms with Crippen LogP contribution in [-0.2, 0) is 17.5 Å². The highest BCUT2D eigenvalue weighted by Crippen LogP contribution is 2.29. The number of methoxy groups -OCH3 is 1. The van der Waals surface area contributed by atoms with Crippen molar-refractivity contribution in [2.75, 3.05) is 39.8 Å². The lowest BCUT2D eigenvalue weighted by atomic mass is 10.1. The molecule has 0 unspecified atom stereocenters. The molecular weight excluding hydrogens is 423 g/mol. The zero-order valence-corrected chi connectivity index (χ0v) is 17.8. The molecule has 0 spiro atoms. The van der Waals surface area contributed by atoms with Gasteiger partial charge in [0, 0.05) is 51.3 Å². The van der Waals surface area contributed by atoms with Crippen LogP contribution in [0.3, 0.4) is 0 Å². The van der Waals surface area contributed by atoms with E-state index < -0.39 is 17.6 Å². The minimum Gasteiger partial charge on any atom is -0.497 e. The van der Waals surface area contributed by atoms with Crippen molar-refractivity contribution in [2.24, 2.45) is 0 Å². The number of nitrogens with one attached hydrogen (secondary N) is 1. The summed E-state index contributed by atoms with van der Waals surface area (Å²) >= 11 is 0. The van der Waals surface area contributed by atoms with Crippen LogP contribution in [0.5, 0.6) is 5.75 Å². The molecule has 1 fully saturated rings. The Hall–Kier alpha value is -3.07. The SMILES string of the molecule is COc1cccc(CN(CCC(=O)N2CCNCC2)C(=O)c2ccc(C(F)(F)F)cc2)c1. The third kappa shape index (κ3) is 6.23. The number of piperazine rings is 1. The monoisotopic (exact) mass is 449 g/mol. The van der Waals surface area contributed by atoms with Crippen LogP contribution in [-0.4, -0.2) is 61.4 Å². The number of carbonyl (C=O) groups excluding carboxylic acids is 2. The lowest BCUT2D eigenvalue weighted by molar-refractivity contribution is -0.137. The van der Waals surface area contributed by atoms with Gasteiger partial charge in [0.1, 0.15) is 5.75 Å². The van der Waals surface area contributed by atoms with E-state index in [0.29, 0.717) is 18.8 Å². The van der Waals surface area contributed by atoms with Crippen molar-refractivity contribution >= 4 is 11.8 Å². The Kier molecular flexibility index (Phi) is 7.74. The molecule has 0 radical (unpaired) electrons. The number of alkyl halides is 3. The molecule has 3 rings (SSSR count). The standard InChI is InChI=1S/C23H26F3N3O3/c1-32-20-4-2-3-17(15-20)16-29(12-9-21(30)28-13-10-27-11-14-28)22(31)18-5-7-19(8-6-18)23(24,25)26/h2-8,15,27H,9-14,16H2,1H3. The molecule has 2 amide bonds. The summed E-state index contributed by atoms with van der Waals surface area (Å²) in [7, 11) is 1.54. The minimum absolute atomic E-state index is 0.0534. The van der Waals surface area contributed by atoms with Crippen molar-refractivity contribution in [1.82, 2.24) is 15.1 Å². The smallest absolute Gasteiger partial charge is 0.416 e. The molecule has 6 nitrogen and oxygen atoms in total.